The second kappa shape index (κ2) is 4.88. The SMILES string of the molecule is COCC(N)c1c(F)cccc1I. The molecule has 0 aromatic heterocycles. The van der Waals surface area contributed by atoms with Gasteiger partial charge in [0.1, 0.15) is 5.82 Å². The van der Waals surface area contributed by atoms with E-state index in [1.165, 1.54) is 6.07 Å². The fourth-order valence-corrected chi connectivity index (χ4v) is 1.99. The van der Waals surface area contributed by atoms with Gasteiger partial charge in [0.05, 0.1) is 12.6 Å². The number of hydrogen-bond donors (Lipinski definition) is 1. The van der Waals surface area contributed by atoms with Gasteiger partial charge in [-0.3, -0.25) is 0 Å². The fraction of sp³-hybridized carbons (Fsp3) is 0.333. The van der Waals surface area contributed by atoms with Gasteiger partial charge in [0.25, 0.3) is 0 Å². The average molecular weight is 295 g/mol. The highest BCUT2D eigenvalue weighted by Crippen LogP contribution is 2.21. The summed E-state index contributed by atoms with van der Waals surface area (Å²) < 4.78 is 19.0. The smallest absolute Gasteiger partial charge is 0.129 e. The van der Waals surface area contributed by atoms with Crippen LogP contribution in [-0.4, -0.2) is 13.7 Å². The maximum absolute atomic E-state index is 13.3. The molecule has 0 bridgehead atoms. The third kappa shape index (κ3) is 2.62. The molecule has 1 unspecified atom stereocenters. The van der Waals surface area contributed by atoms with Gasteiger partial charge in [-0.05, 0) is 34.7 Å². The van der Waals surface area contributed by atoms with Gasteiger partial charge in [-0.25, -0.2) is 4.39 Å². The predicted octanol–water partition coefficient (Wildman–Crippen LogP) is 2.08. The number of rotatable bonds is 3. The number of ether oxygens (including phenoxy) is 1. The monoisotopic (exact) mass is 295 g/mol. The lowest BCUT2D eigenvalue weighted by Gasteiger charge is -2.13. The quantitative estimate of drug-likeness (QED) is 0.867. The van der Waals surface area contributed by atoms with Crippen molar-refractivity contribution in [2.75, 3.05) is 13.7 Å². The summed E-state index contributed by atoms with van der Waals surface area (Å²) in [4.78, 5) is 0. The zero-order chi connectivity index (χ0) is 9.84. The van der Waals surface area contributed by atoms with E-state index in [1.54, 1.807) is 13.2 Å². The van der Waals surface area contributed by atoms with Crippen molar-refractivity contribution < 1.29 is 9.13 Å². The third-order valence-electron chi connectivity index (χ3n) is 1.72. The molecule has 0 heterocycles. The highest BCUT2D eigenvalue weighted by Gasteiger charge is 2.13. The average Bonchev–Trinajstić information content (AvgIpc) is 2.04. The van der Waals surface area contributed by atoms with Gasteiger partial charge < -0.3 is 10.5 Å². The van der Waals surface area contributed by atoms with Crippen molar-refractivity contribution in [3.8, 4) is 0 Å². The summed E-state index contributed by atoms with van der Waals surface area (Å²) in [6, 6.07) is 4.51. The Morgan fingerprint density at radius 3 is 2.85 bits per heavy atom. The fourth-order valence-electron chi connectivity index (χ4n) is 1.13. The van der Waals surface area contributed by atoms with E-state index >= 15 is 0 Å². The van der Waals surface area contributed by atoms with Crippen LogP contribution in [-0.2, 0) is 4.74 Å². The maximum Gasteiger partial charge on any atom is 0.129 e. The summed E-state index contributed by atoms with van der Waals surface area (Å²) in [5.41, 5.74) is 6.27. The largest absolute Gasteiger partial charge is 0.383 e. The summed E-state index contributed by atoms with van der Waals surface area (Å²) >= 11 is 2.07. The van der Waals surface area contributed by atoms with Crippen LogP contribution in [0.15, 0.2) is 18.2 Å². The molecule has 0 amide bonds. The summed E-state index contributed by atoms with van der Waals surface area (Å²) in [7, 11) is 1.55. The molecule has 0 aliphatic rings. The molecular formula is C9H11FINO. The zero-order valence-corrected chi connectivity index (χ0v) is 9.42. The van der Waals surface area contributed by atoms with Crippen LogP contribution in [0.25, 0.3) is 0 Å². The molecule has 4 heteroatoms. The minimum Gasteiger partial charge on any atom is -0.383 e. The van der Waals surface area contributed by atoms with E-state index in [1.807, 2.05) is 6.07 Å². The molecule has 2 N–H and O–H groups in total. The number of nitrogens with two attached hydrogens (primary N) is 1. The zero-order valence-electron chi connectivity index (χ0n) is 7.26. The molecule has 1 atom stereocenters. The maximum atomic E-state index is 13.3. The molecule has 72 valence electrons. The van der Waals surface area contributed by atoms with Crippen molar-refractivity contribution in [1.29, 1.82) is 0 Å². The second-order valence-corrected chi connectivity index (χ2v) is 3.86. The first kappa shape index (κ1) is 10.9. The van der Waals surface area contributed by atoms with E-state index in [-0.39, 0.29) is 5.82 Å². The highest BCUT2D eigenvalue weighted by molar-refractivity contribution is 14.1. The van der Waals surface area contributed by atoms with Crippen molar-refractivity contribution in [2.24, 2.45) is 5.73 Å². The van der Waals surface area contributed by atoms with Crippen LogP contribution >= 0.6 is 22.6 Å². The Labute approximate surface area is 90.4 Å². The van der Waals surface area contributed by atoms with Gasteiger partial charge in [0, 0.05) is 16.2 Å². The minimum atomic E-state index is -0.391. The van der Waals surface area contributed by atoms with Crippen molar-refractivity contribution in [1.82, 2.24) is 0 Å². The van der Waals surface area contributed by atoms with Crippen molar-refractivity contribution >= 4 is 22.6 Å². The molecule has 0 aliphatic heterocycles. The second-order valence-electron chi connectivity index (χ2n) is 2.70. The molecule has 0 fully saturated rings. The Hall–Kier alpha value is -0.200. The Kier molecular flexibility index (Phi) is 4.08. The van der Waals surface area contributed by atoms with E-state index in [9.17, 15) is 4.39 Å². The first-order chi connectivity index (χ1) is 6.16. The molecule has 0 radical (unpaired) electrons. The lowest BCUT2D eigenvalue weighted by atomic mass is 10.1. The summed E-state index contributed by atoms with van der Waals surface area (Å²) in [6.45, 7) is 0.330. The molecule has 0 aliphatic carbocycles. The Morgan fingerprint density at radius 2 is 2.31 bits per heavy atom. The standard InChI is InChI=1S/C9H11FINO/c1-13-5-8(12)9-6(10)3-2-4-7(9)11/h2-4,8H,5,12H2,1H3. The molecule has 2 nitrogen and oxygen atoms in total. The molecule has 1 aromatic rings. The number of benzene rings is 1. The first-order valence-electron chi connectivity index (χ1n) is 3.85. The van der Waals surface area contributed by atoms with Crippen molar-refractivity contribution in [2.45, 2.75) is 6.04 Å². The van der Waals surface area contributed by atoms with Gasteiger partial charge in [0.2, 0.25) is 0 Å². The summed E-state index contributed by atoms with van der Waals surface area (Å²) in [5.74, 6) is -0.267. The molecule has 1 aromatic carbocycles. The molecule has 0 spiro atoms. The van der Waals surface area contributed by atoms with E-state index in [0.717, 1.165) is 3.57 Å². The molecule has 0 saturated carbocycles. The van der Waals surface area contributed by atoms with Crippen LogP contribution in [0.1, 0.15) is 11.6 Å². The van der Waals surface area contributed by atoms with Gasteiger partial charge in [0.15, 0.2) is 0 Å². The Balaban J connectivity index is 2.98. The van der Waals surface area contributed by atoms with Crippen LogP contribution in [0.5, 0.6) is 0 Å². The van der Waals surface area contributed by atoms with Crippen LogP contribution in [0.3, 0.4) is 0 Å². The molecular weight excluding hydrogens is 284 g/mol. The first-order valence-corrected chi connectivity index (χ1v) is 4.93. The normalized spacial score (nSPS) is 12.9. The van der Waals surface area contributed by atoms with Crippen LogP contribution in [0, 0.1) is 9.39 Å². The molecule has 0 saturated heterocycles. The van der Waals surface area contributed by atoms with Gasteiger partial charge >= 0.3 is 0 Å². The summed E-state index contributed by atoms with van der Waals surface area (Å²) in [5, 5.41) is 0. The highest BCUT2D eigenvalue weighted by atomic mass is 127. The van der Waals surface area contributed by atoms with Crippen LogP contribution < -0.4 is 5.73 Å². The molecule has 13 heavy (non-hydrogen) atoms. The van der Waals surface area contributed by atoms with Crippen LogP contribution in [0.4, 0.5) is 4.39 Å². The third-order valence-corrected chi connectivity index (χ3v) is 2.66. The van der Waals surface area contributed by atoms with E-state index in [2.05, 4.69) is 22.6 Å². The van der Waals surface area contributed by atoms with Crippen LogP contribution in [0.2, 0.25) is 0 Å². The van der Waals surface area contributed by atoms with Gasteiger partial charge in [-0.2, -0.15) is 0 Å². The number of hydrogen-bond acceptors (Lipinski definition) is 2. The lowest BCUT2D eigenvalue weighted by molar-refractivity contribution is 0.179. The Bertz CT molecular complexity index is 273. The molecule has 1 rings (SSSR count). The van der Waals surface area contributed by atoms with Crippen molar-refractivity contribution in [3.05, 3.63) is 33.1 Å². The van der Waals surface area contributed by atoms with Crippen molar-refractivity contribution in [3.63, 3.8) is 0 Å². The predicted molar refractivity (Wildman–Crippen MR) is 57.9 cm³/mol. The van der Waals surface area contributed by atoms with E-state index in [0.29, 0.717) is 12.2 Å². The topological polar surface area (TPSA) is 35.2 Å². The Morgan fingerprint density at radius 1 is 1.62 bits per heavy atom. The lowest BCUT2D eigenvalue weighted by Crippen LogP contribution is -2.18. The van der Waals surface area contributed by atoms with Gasteiger partial charge in [-0.15, -0.1) is 0 Å². The number of methoxy groups -OCH3 is 1. The van der Waals surface area contributed by atoms with Gasteiger partial charge in [-0.1, -0.05) is 6.07 Å². The number of halogens is 2. The minimum absolute atomic E-state index is 0.267. The summed E-state index contributed by atoms with van der Waals surface area (Å²) in [6.07, 6.45) is 0. The van der Waals surface area contributed by atoms with E-state index in [4.69, 9.17) is 10.5 Å². The van der Waals surface area contributed by atoms with E-state index < -0.39 is 6.04 Å².